The van der Waals surface area contributed by atoms with Gasteiger partial charge >= 0.3 is 6.09 Å². The lowest BCUT2D eigenvalue weighted by Gasteiger charge is -2.31. The average Bonchev–Trinajstić information content (AvgIpc) is 3.39. The summed E-state index contributed by atoms with van der Waals surface area (Å²) in [5, 5.41) is 16.9. The molecule has 2 aromatic heterocycles. The van der Waals surface area contributed by atoms with Gasteiger partial charge in [-0.05, 0) is 56.0 Å². The van der Waals surface area contributed by atoms with Gasteiger partial charge in [0.05, 0.1) is 11.3 Å². The monoisotopic (exact) mass is 602 g/mol. The molecule has 1 aliphatic carbocycles. The SMILES string of the molecule is Cc1ccc2c(NC(=O)[C@@H]3CCC(F)(F)C3)cccc2c1Oc1ncccc1-c1ccnc(NC2CCCN(C(=O)O)C2)n1. The van der Waals surface area contributed by atoms with Gasteiger partial charge in [-0.15, -0.1) is 0 Å². The number of carboxylic acid groups (broad SMARTS) is 1. The van der Waals surface area contributed by atoms with Gasteiger partial charge in [-0.2, -0.15) is 0 Å². The van der Waals surface area contributed by atoms with E-state index in [1.165, 1.54) is 4.90 Å². The molecule has 4 aromatic rings. The van der Waals surface area contributed by atoms with Crippen LogP contribution in [0.3, 0.4) is 0 Å². The lowest BCUT2D eigenvalue weighted by atomic mass is 10.0. The van der Waals surface area contributed by atoms with Crippen molar-refractivity contribution in [1.82, 2.24) is 19.9 Å². The molecule has 44 heavy (non-hydrogen) atoms. The predicted octanol–water partition coefficient (Wildman–Crippen LogP) is 6.72. The molecular weight excluding hydrogens is 570 g/mol. The first-order valence-corrected chi connectivity index (χ1v) is 14.6. The average molecular weight is 603 g/mol. The van der Waals surface area contributed by atoms with E-state index in [0.29, 0.717) is 53.0 Å². The van der Waals surface area contributed by atoms with Crippen LogP contribution in [0.5, 0.6) is 11.6 Å². The van der Waals surface area contributed by atoms with Crippen LogP contribution in [0.2, 0.25) is 0 Å². The number of aromatic nitrogens is 3. The van der Waals surface area contributed by atoms with Gasteiger partial charge in [0, 0.05) is 66.7 Å². The van der Waals surface area contributed by atoms with Crippen LogP contribution in [0.15, 0.2) is 60.9 Å². The summed E-state index contributed by atoms with van der Waals surface area (Å²) in [4.78, 5) is 39.2. The van der Waals surface area contributed by atoms with E-state index in [2.05, 4.69) is 25.6 Å². The number of carbonyl (C=O) groups excluding carboxylic acids is 1. The highest BCUT2D eigenvalue weighted by molar-refractivity contribution is 6.05. The first kappa shape index (κ1) is 29.2. The number of nitrogens with zero attached hydrogens (tertiary/aromatic N) is 4. The summed E-state index contributed by atoms with van der Waals surface area (Å²) < 4.78 is 33.9. The van der Waals surface area contributed by atoms with Crippen LogP contribution >= 0.6 is 0 Å². The largest absolute Gasteiger partial charge is 0.465 e. The second kappa shape index (κ2) is 12.0. The van der Waals surface area contributed by atoms with Gasteiger partial charge in [-0.1, -0.05) is 24.3 Å². The molecule has 10 nitrogen and oxygen atoms in total. The van der Waals surface area contributed by atoms with E-state index in [0.717, 1.165) is 23.8 Å². The number of pyridine rings is 1. The highest BCUT2D eigenvalue weighted by atomic mass is 19.3. The number of carbonyl (C=O) groups is 2. The zero-order chi connectivity index (χ0) is 30.8. The van der Waals surface area contributed by atoms with Gasteiger partial charge in [0.2, 0.25) is 23.7 Å². The van der Waals surface area contributed by atoms with Crippen LogP contribution in [-0.4, -0.2) is 62.0 Å². The van der Waals surface area contributed by atoms with Crippen LogP contribution in [0.4, 0.5) is 25.2 Å². The highest BCUT2D eigenvalue weighted by Crippen LogP contribution is 2.41. The van der Waals surface area contributed by atoms with E-state index in [9.17, 15) is 23.5 Å². The van der Waals surface area contributed by atoms with Crippen LogP contribution in [0.1, 0.15) is 37.7 Å². The molecule has 2 fully saturated rings. The number of nitrogens with one attached hydrogen (secondary N) is 2. The molecule has 1 saturated heterocycles. The van der Waals surface area contributed by atoms with Crippen molar-refractivity contribution in [3.63, 3.8) is 0 Å². The van der Waals surface area contributed by atoms with Gasteiger partial charge in [0.1, 0.15) is 5.75 Å². The van der Waals surface area contributed by atoms with Crippen LogP contribution in [0, 0.1) is 12.8 Å². The number of alkyl halides is 2. The lowest BCUT2D eigenvalue weighted by molar-refractivity contribution is -0.120. The Hall–Kier alpha value is -4.87. The number of likely N-dealkylation sites (tertiary alicyclic amines) is 1. The third-order valence-electron chi connectivity index (χ3n) is 8.17. The van der Waals surface area contributed by atoms with Gasteiger partial charge in [0.15, 0.2) is 0 Å². The maximum absolute atomic E-state index is 13.7. The molecule has 2 atom stereocenters. The maximum Gasteiger partial charge on any atom is 0.407 e. The van der Waals surface area contributed by atoms with Crippen molar-refractivity contribution in [2.45, 2.75) is 51.0 Å². The Labute approximate surface area is 252 Å². The van der Waals surface area contributed by atoms with E-state index < -0.39 is 30.3 Å². The summed E-state index contributed by atoms with van der Waals surface area (Å²) in [5.74, 6) is -2.74. The van der Waals surface area contributed by atoms with Crippen molar-refractivity contribution in [2.75, 3.05) is 23.7 Å². The molecule has 1 saturated carbocycles. The highest BCUT2D eigenvalue weighted by Gasteiger charge is 2.42. The Morgan fingerprint density at radius 2 is 1.91 bits per heavy atom. The fourth-order valence-electron chi connectivity index (χ4n) is 5.89. The van der Waals surface area contributed by atoms with Crippen molar-refractivity contribution in [3.05, 3.63) is 66.5 Å². The molecule has 6 rings (SSSR count). The fourth-order valence-corrected chi connectivity index (χ4v) is 5.89. The van der Waals surface area contributed by atoms with Crippen molar-refractivity contribution in [1.29, 1.82) is 0 Å². The minimum atomic E-state index is -2.81. The molecule has 1 unspecified atom stereocenters. The Bertz CT molecular complexity index is 1720. The number of halogens is 2. The topological polar surface area (TPSA) is 130 Å². The fraction of sp³-hybridized carbons (Fsp3) is 0.344. The van der Waals surface area contributed by atoms with Crippen LogP contribution in [-0.2, 0) is 4.79 Å². The maximum atomic E-state index is 13.7. The molecule has 2 amide bonds. The number of benzene rings is 2. The van der Waals surface area contributed by atoms with Crippen molar-refractivity contribution < 1.29 is 28.2 Å². The van der Waals surface area contributed by atoms with Crippen LogP contribution < -0.4 is 15.4 Å². The summed E-state index contributed by atoms with van der Waals surface area (Å²) in [5.41, 5.74) is 2.54. The van der Waals surface area contributed by atoms with Crippen molar-refractivity contribution >= 4 is 34.4 Å². The van der Waals surface area contributed by atoms with E-state index >= 15 is 0 Å². The number of rotatable bonds is 7. The molecule has 12 heteroatoms. The smallest absolute Gasteiger partial charge is 0.407 e. The standard InChI is InChI=1S/C32H32F2N6O4/c1-19-9-10-22-23(6-2-8-25(22)38-28(41)20-11-13-32(33,34)17-20)27(19)44-29-24(7-3-14-35-29)26-12-15-36-30(39-26)37-21-5-4-16-40(18-21)31(42)43/h2-3,6-10,12,14-15,20-21H,4-5,11,13,16-18H2,1H3,(H,38,41)(H,42,43)(H,36,37,39)/t20-,21?/m1/s1. The number of fused-ring (bicyclic) bond motifs is 1. The molecule has 0 radical (unpaired) electrons. The first-order chi connectivity index (χ1) is 21.2. The zero-order valence-electron chi connectivity index (χ0n) is 24.1. The molecule has 228 valence electrons. The summed E-state index contributed by atoms with van der Waals surface area (Å²) in [6.45, 7) is 2.76. The second-order valence-corrected chi connectivity index (χ2v) is 11.3. The van der Waals surface area contributed by atoms with Crippen molar-refractivity contribution in [2.24, 2.45) is 5.92 Å². The normalized spacial score (nSPS) is 19.5. The number of anilines is 2. The van der Waals surface area contributed by atoms with Gasteiger partial charge in [0.25, 0.3) is 0 Å². The second-order valence-electron chi connectivity index (χ2n) is 11.3. The van der Waals surface area contributed by atoms with E-state index in [1.54, 1.807) is 36.7 Å². The Morgan fingerprint density at radius 1 is 1.05 bits per heavy atom. The quantitative estimate of drug-likeness (QED) is 0.213. The molecular formula is C32H32F2N6O4. The van der Waals surface area contributed by atoms with E-state index in [-0.39, 0.29) is 18.9 Å². The Morgan fingerprint density at radius 3 is 2.70 bits per heavy atom. The lowest BCUT2D eigenvalue weighted by Crippen LogP contribution is -2.44. The minimum Gasteiger partial charge on any atom is -0.465 e. The summed E-state index contributed by atoms with van der Waals surface area (Å²) in [7, 11) is 0. The summed E-state index contributed by atoms with van der Waals surface area (Å²) >= 11 is 0. The molecule has 0 bridgehead atoms. The van der Waals surface area contributed by atoms with E-state index in [1.807, 2.05) is 31.2 Å². The summed E-state index contributed by atoms with van der Waals surface area (Å²) in [6, 6.07) is 14.4. The number of hydrogen-bond acceptors (Lipinski definition) is 7. The minimum absolute atomic E-state index is 0.113. The van der Waals surface area contributed by atoms with Gasteiger partial charge in [-0.3, -0.25) is 4.79 Å². The predicted molar refractivity (Wildman–Crippen MR) is 161 cm³/mol. The van der Waals surface area contributed by atoms with Gasteiger partial charge in [-0.25, -0.2) is 28.5 Å². The molecule has 0 spiro atoms. The Balaban J connectivity index is 1.26. The molecule has 3 N–H and O–H groups in total. The third-order valence-corrected chi connectivity index (χ3v) is 8.17. The number of aryl methyl sites for hydroxylation is 1. The van der Waals surface area contributed by atoms with Crippen LogP contribution in [0.25, 0.3) is 22.0 Å². The Kier molecular flexibility index (Phi) is 7.98. The van der Waals surface area contributed by atoms with Gasteiger partial charge < -0.3 is 25.4 Å². The number of piperidine rings is 1. The number of amides is 2. The summed E-state index contributed by atoms with van der Waals surface area (Å²) in [6.07, 6.45) is 3.27. The number of hydrogen-bond donors (Lipinski definition) is 3. The van der Waals surface area contributed by atoms with E-state index in [4.69, 9.17) is 4.74 Å². The molecule has 2 aliphatic rings. The first-order valence-electron chi connectivity index (χ1n) is 14.6. The zero-order valence-corrected chi connectivity index (χ0v) is 24.1. The molecule has 1 aliphatic heterocycles. The molecule has 2 aromatic carbocycles. The molecule has 3 heterocycles. The third kappa shape index (κ3) is 6.24. The number of ether oxygens (including phenoxy) is 1. The van der Waals surface area contributed by atoms with Crippen molar-refractivity contribution in [3.8, 4) is 22.9 Å².